The Bertz CT molecular complexity index is 308. The molecule has 0 fully saturated rings. The van der Waals surface area contributed by atoms with Gasteiger partial charge >= 0.3 is 6.03 Å². The van der Waals surface area contributed by atoms with E-state index in [0.717, 1.165) is 0 Å². The summed E-state index contributed by atoms with van der Waals surface area (Å²) < 4.78 is 0.538. The van der Waals surface area contributed by atoms with Gasteiger partial charge in [-0.25, -0.2) is 4.79 Å². The number of carbonyl (C=O) groups excluding carboxylic acids is 1. The fraction of sp³-hybridized carbons (Fsp3) is 0.250. The molecule has 3 N–H and O–H groups in total. The van der Waals surface area contributed by atoms with Crippen LogP contribution in [0.3, 0.4) is 0 Å². The Morgan fingerprint density at radius 1 is 1.75 bits per heavy atom. The number of urea groups is 1. The SMILES string of the molecule is CNC(=O)Nc1n[nH]c(=S)s1.[Na]. The van der Waals surface area contributed by atoms with Crippen LogP contribution in [0.25, 0.3) is 0 Å². The Balaban J connectivity index is 0.00000121. The molecule has 1 aromatic rings. The maximum atomic E-state index is 10.7. The van der Waals surface area contributed by atoms with E-state index in [9.17, 15) is 4.79 Å². The standard InChI is InChI=1S/C4H6N4OS2.Na/c1-5-2(9)6-3-7-8-4(10)11-3;/h1H3,(H,8,10)(H2,5,6,7,9);. The van der Waals surface area contributed by atoms with Gasteiger partial charge in [0.15, 0.2) is 3.95 Å². The third-order valence-corrected chi connectivity index (χ3v) is 1.89. The summed E-state index contributed by atoms with van der Waals surface area (Å²) in [6.45, 7) is 0. The zero-order valence-corrected chi connectivity index (χ0v) is 10.3. The second-order valence-electron chi connectivity index (χ2n) is 1.62. The van der Waals surface area contributed by atoms with Crippen LogP contribution in [0, 0.1) is 3.95 Å². The largest absolute Gasteiger partial charge is 0.341 e. The maximum Gasteiger partial charge on any atom is 0.320 e. The average Bonchev–Trinajstić information content (AvgIpc) is 2.35. The Labute approximate surface area is 100 Å². The first-order chi connectivity index (χ1) is 5.22. The Hall–Kier alpha value is 0.0500. The molecule has 1 heterocycles. The molecule has 12 heavy (non-hydrogen) atoms. The maximum absolute atomic E-state index is 10.7. The van der Waals surface area contributed by atoms with Crippen molar-refractivity contribution in [2.45, 2.75) is 0 Å². The van der Waals surface area contributed by atoms with Crippen LogP contribution in [0.2, 0.25) is 0 Å². The minimum atomic E-state index is -0.303. The summed E-state index contributed by atoms with van der Waals surface area (Å²) in [4.78, 5) is 10.7. The number of nitrogens with zero attached hydrogens (tertiary/aromatic N) is 1. The summed E-state index contributed by atoms with van der Waals surface area (Å²) in [5, 5.41) is 11.6. The third-order valence-electron chi connectivity index (χ3n) is 0.886. The van der Waals surface area contributed by atoms with Crippen LogP contribution in [-0.4, -0.2) is 52.8 Å². The molecule has 0 unspecified atom stereocenters. The van der Waals surface area contributed by atoms with E-state index in [1.807, 2.05) is 0 Å². The molecule has 1 radical (unpaired) electrons. The van der Waals surface area contributed by atoms with Crippen molar-refractivity contribution in [3.05, 3.63) is 3.95 Å². The number of nitrogens with one attached hydrogen (secondary N) is 3. The molecule has 1 aromatic heterocycles. The van der Waals surface area contributed by atoms with Crippen LogP contribution in [0.5, 0.6) is 0 Å². The minimum Gasteiger partial charge on any atom is -0.341 e. The van der Waals surface area contributed by atoms with Crippen molar-refractivity contribution < 1.29 is 4.79 Å². The summed E-state index contributed by atoms with van der Waals surface area (Å²) in [5.41, 5.74) is 0. The zero-order chi connectivity index (χ0) is 8.27. The molecule has 0 bridgehead atoms. The molecular formula is C4H6N4NaOS2. The molecule has 5 nitrogen and oxygen atoms in total. The Morgan fingerprint density at radius 3 is 2.83 bits per heavy atom. The Morgan fingerprint density at radius 2 is 2.42 bits per heavy atom. The van der Waals surface area contributed by atoms with Crippen molar-refractivity contribution in [3.8, 4) is 0 Å². The van der Waals surface area contributed by atoms with Gasteiger partial charge in [0, 0.05) is 36.6 Å². The molecule has 0 aliphatic rings. The number of amides is 2. The first-order valence-electron chi connectivity index (χ1n) is 2.76. The van der Waals surface area contributed by atoms with Gasteiger partial charge in [0.05, 0.1) is 0 Å². The molecule has 0 aliphatic heterocycles. The number of hydrogen-bond acceptors (Lipinski definition) is 4. The number of aromatic amines is 1. The van der Waals surface area contributed by atoms with Crippen molar-refractivity contribution in [2.75, 3.05) is 12.4 Å². The van der Waals surface area contributed by atoms with Gasteiger partial charge in [-0.15, -0.1) is 5.10 Å². The molecule has 2 amide bonds. The smallest absolute Gasteiger partial charge is 0.320 e. The number of H-pyrrole nitrogens is 1. The summed E-state index contributed by atoms with van der Waals surface area (Å²) in [5.74, 6) is 0. The van der Waals surface area contributed by atoms with Gasteiger partial charge in [0.25, 0.3) is 0 Å². The third kappa shape index (κ3) is 3.63. The predicted molar refractivity (Wildman–Crippen MR) is 51.1 cm³/mol. The Kier molecular flexibility index (Phi) is 5.68. The number of hydrogen-bond donors (Lipinski definition) is 3. The van der Waals surface area contributed by atoms with Crippen molar-refractivity contribution in [1.82, 2.24) is 15.5 Å². The van der Waals surface area contributed by atoms with E-state index in [1.54, 1.807) is 0 Å². The molecule has 0 aliphatic carbocycles. The predicted octanol–water partition coefficient (Wildman–Crippen LogP) is 0.571. The van der Waals surface area contributed by atoms with Crippen molar-refractivity contribution in [2.24, 2.45) is 0 Å². The summed E-state index contributed by atoms with van der Waals surface area (Å²) >= 11 is 5.96. The first kappa shape index (κ1) is 12.0. The molecule has 0 saturated heterocycles. The van der Waals surface area contributed by atoms with Crippen LogP contribution in [0.15, 0.2) is 0 Å². The van der Waals surface area contributed by atoms with Crippen LogP contribution in [0.1, 0.15) is 0 Å². The molecule has 1 rings (SSSR count). The first-order valence-corrected chi connectivity index (χ1v) is 3.99. The number of anilines is 1. The number of aromatic nitrogens is 2. The molecular weight excluding hydrogens is 207 g/mol. The number of rotatable bonds is 1. The van der Waals surface area contributed by atoms with Gasteiger partial charge in [-0.2, -0.15) is 0 Å². The molecule has 61 valence electrons. The van der Waals surface area contributed by atoms with Gasteiger partial charge in [-0.05, 0) is 12.2 Å². The molecule has 0 aromatic carbocycles. The van der Waals surface area contributed by atoms with Crippen molar-refractivity contribution in [3.63, 3.8) is 0 Å². The van der Waals surface area contributed by atoms with Gasteiger partial charge in [-0.1, -0.05) is 11.3 Å². The van der Waals surface area contributed by atoms with Gasteiger partial charge in [-0.3, -0.25) is 10.4 Å². The van der Waals surface area contributed by atoms with Gasteiger partial charge in [0.1, 0.15) is 0 Å². The van der Waals surface area contributed by atoms with E-state index < -0.39 is 0 Å². The van der Waals surface area contributed by atoms with E-state index in [2.05, 4.69) is 20.8 Å². The fourth-order valence-corrected chi connectivity index (χ4v) is 1.23. The van der Waals surface area contributed by atoms with Crippen molar-refractivity contribution in [1.29, 1.82) is 0 Å². The monoisotopic (exact) mass is 213 g/mol. The minimum absolute atomic E-state index is 0. The van der Waals surface area contributed by atoms with Crippen LogP contribution < -0.4 is 10.6 Å². The molecule has 0 saturated carbocycles. The normalized spacial score (nSPS) is 8.42. The summed E-state index contributed by atoms with van der Waals surface area (Å²) in [7, 11) is 1.53. The molecule has 0 atom stereocenters. The van der Waals surface area contributed by atoms with E-state index in [1.165, 1.54) is 18.4 Å². The molecule has 8 heteroatoms. The average molecular weight is 213 g/mol. The quantitative estimate of drug-likeness (QED) is 0.472. The van der Waals surface area contributed by atoms with Gasteiger partial charge < -0.3 is 5.32 Å². The van der Waals surface area contributed by atoms with E-state index in [-0.39, 0.29) is 35.6 Å². The summed E-state index contributed by atoms with van der Waals surface area (Å²) in [6.07, 6.45) is 0. The van der Waals surface area contributed by atoms with Crippen LogP contribution in [0.4, 0.5) is 9.93 Å². The topological polar surface area (TPSA) is 69.8 Å². The summed E-state index contributed by atoms with van der Waals surface area (Å²) in [6, 6.07) is -0.303. The van der Waals surface area contributed by atoms with Crippen LogP contribution >= 0.6 is 23.6 Å². The van der Waals surface area contributed by atoms with E-state index in [0.29, 0.717) is 9.09 Å². The van der Waals surface area contributed by atoms with Crippen molar-refractivity contribution >= 4 is 64.3 Å². The van der Waals surface area contributed by atoms with Crippen LogP contribution in [-0.2, 0) is 0 Å². The van der Waals surface area contributed by atoms with Gasteiger partial charge in [0.2, 0.25) is 5.13 Å². The molecule has 0 spiro atoms. The van der Waals surface area contributed by atoms with E-state index >= 15 is 0 Å². The fourth-order valence-electron chi connectivity index (χ4n) is 0.443. The zero-order valence-electron chi connectivity index (χ0n) is 6.67. The second kappa shape index (κ2) is 5.65. The van der Waals surface area contributed by atoms with E-state index in [4.69, 9.17) is 12.2 Å². The number of carbonyl (C=O) groups is 1. The second-order valence-corrected chi connectivity index (χ2v) is 3.29.